The van der Waals surface area contributed by atoms with Gasteiger partial charge in [0.1, 0.15) is 5.82 Å². The molecule has 2 aromatic carbocycles. The zero-order valence-electron chi connectivity index (χ0n) is 17.8. The zero-order chi connectivity index (χ0) is 19.7. The first-order valence-corrected chi connectivity index (χ1v) is 10.5. The van der Waals surface area contributed by atoms with Crippen molar-refractivity contribution < 1.29 is 9.50 Å². The summed E-state index contributed by atoms with van der Waals surface area (Å²) in [6, 6.07) is 14.5. The Labute approximate surface area is 192 Å². The molecule has 0 spiro atoms. The molecule has 0 bridgehead atoms. The summed E-state index contributed by atoms with van der Waals surface area (Å²) in [7, 11) is 0. The van der Waals surface area contributed by atoms with Crippen molar-refractivity contribution in [1.29, 1.82) is 0 Å². The Bertz CT molecular complexity index is 807. The third-order valence-electron chi connectivity index (χ3n) is 6.51. The first kappa shape index (κ1) is 25.1. The van der Waals surface area contributed by atoms with Gasteiger partial charge in [-0.3, -0.25) is 9.80 Å². The highest BCUT2D eigenvalue weighted by Crippen LogP contribution is 2.47. The average Bonchev–Trinajstić information content (AvgIpc) is 3.08. The summed E-state index contributed by atoms with van der Waals surface area (Å²) in [5, 5.41) is 9.21. The van der Waals surface area contributed by atoms with Gasteiger partial charge in [0.05, 0.1) is 6.61 Å². The van der Waals surface area contributed by atoms with Crippen LogP contribution in [0, 0.1) is 5.82 Å². The number of halogens is 3. The molecule has 2 aliphatic rings. The lowest BCUT2D eigenvalue weighted by Gasteiger charge is -2.38. The van der Waals surface area contributed by atoms with Gasteiger partial charge < -0.3 is 5.11 Å². The van der Waals surface area contributed by atoms with Crippen LogP contribution in [0.1, 0.15) is 60.4 Å². The topological polar surface area (TPSA) is 26.7 Å². The zero-order valence-corrected chi connectivity index (χ0v) is 19.4. The number of hydrogen-bond donors (Lipinski definition) is 1. The molecule has 3 nitrogen and oxygen atoms in total. The van der Waals surface area contributed by atoms with Crippen molar-refractivity contribution in [2.24, 2.45) is 0 Å². The normalized spacial score (nSPS) is 21.8. The van der Waals surface area contributed by atoms with E-state index in [1.54, 1.807) is 12.1 Å². The minimum atomic E-state index is -0.173. The summed E-state index contributed by atoms with van der Waals surface area (Å²) in [6.45, 7) is 9.59. The second-order valence-electron chi connectivity index (χ2n) is 8.50. The lowest BCUT2D eigenvalue weighted by atomic mass is 9.91. The minimum Gasteiger partial charge on any atom is -0.395 e. The molecular formula is C24H33Cl2FN2O. The first-order chi connectivity index (χ1) is 13.6. The summed E-state index contributed by atoms with van der Waals surface area (Å²) in [5.41, 5.74) is 5.46. The maximum atomic E-state index is 13.4. The van der Waals surface area contributed by atoms with Crippen molar-refractivity contribution in [3.05, 3.63) is 70.5 Å². The van der Waals surface area contributed by atoms with Crippen molar-refractivity contribution in [2.75, 3.05) is 39.3 Å². The Hall–Kier alpha value is -1.17. The fraction of sp³-hybridized carbons (Fsp3) is 0.500. The summed E-state index contributed by atoms with van der Waals surface area (Å²) in [4.78, 5) is 4.95. The van der Waals surface area contributed by atoms with Gasteiger partial charge in [0.15, 0.2) is 0 Å². The highest BCUT2D eigenvalue weighted by Gasteiger charge is 2.36. The predicted molar refractivity (Wildman–Crippen MR) is 126 cm³/mol. The van der Waals surface area contributed by atoms with Gasteiger partial charge in [-0.15, -0.1) is 24.8 Å². The third kappa shape index (κ3) is 5.17. The van der Waals surface area contributed by atoms with E-state index in [9.17, 15) is 9.50 Å². The van der Waals surface area contributed by atoms with Crippen LogP contribution in [0.5, 0.6) is 0 Å². The van der Waals surface area contributed by atoms with Crippen LogP contribution in [0.15, 0.2) is 42.5 Å². The van der Waals surface area contributed by atoms with Crippen molar-refractivity contribution in [3.63, 3.8) is 0 Å². The van der Waals surface area contributed by atoms with Gasteiger partial charge in [0.25, 0.3) is 0 Å². The van der Waals surface area contributed by atoms with E-state index >= 15 is 0 Å². The maximum Gasteiger partial charge on any atom is 0.123 e. The fourth-order valence-electron chi connectivity index (χ4n) is 4.83. The fourth-order valence-corrected chi connectivity index (χ4v) is 4.83. The molecule has 1 N–H and O–H groups in total. The van der Waals surface area contributed by atoms with E-state index in [2.05, 4.69) is 41.8 Å². The number of aliphatic hydroxyl groups excluding tert-OH is 1. The van der Waals surface area contributed by atoms with E-state index in [4.69, 9.17) is 0 Å². The lowest BCUT2D eigenvalue weighted by molar-refractivity contribution is 0.0827. The summed E-state index contributed by atoms with van der Waals surface area (Å²) in [5.74, 6) is 0.670. The van der Waals surface area contributed by atoms with E-state index < -0.39 is 0 Å². The number of aliphatic hydroxyl groups is 1. The SMILES string of the molecule is CC(C)c1ccc2c(c1)[C@@H](N1CCN(CCO)CC1)C[C@@H]2c1ccc(F)cc1.Cl.Cl. The van der Waals surface area contributed by atoms with Gasteiger partial charge in [-0.1, -0.05) is 44.2 Å². The predicted octanol–water partition coefficient (Wildman–Crippen LogP) is 4.98. The first-order valence-electron chi connectivity index (χ1n) is 10.5. The molecule has 1 aliphatic carbocycles. The Morgan fingerprint density at radius 1 is 0.967 bits per heavy atom. The van der Waals surface area contributed by atoms with Crippen LogP contribution in [0.2, 0.25) is 0 Å². The largest absolute Gasteiger partial charge is 0.395 e. The second kappa shape index (κ2) is 10.9. The molecular weight excluding hydrogens is 422 g/mol. The number of benzene rings is 2. The van der Waals surface area contributed by atoms with E-state index in [0.717, 1.165) is 39.1 Å². The van der Waals surface area contributed by atoms with E-state index in [-0.39, 0.29) is 37.2 Å². The molecule has 2 atom stereocenters. The number of piperazine rings is 1. The molecule has 1 fully saturated rings. The van der Waals surface area contributed by atoms with Crippen LogP contribution in [-0.4, -0.2) is 54.2 Å². The van der Waals surface area contributed by atoms with Crippen LogP contribution < -0.4 is 0 Å². The minimum absolute atomic E-state index is 0. The Kier molecular flexibility index (Phi) is 9.13. The molecule has 0 saturated carbocycles. The van der Waals surface area contributed by atoms with Gasteiger partial charge in [0, 0.05) is 44.7 Å². The van der Waals surface area contributed by atoms with E-state index in [1.807, 2.05) is 12.1 Å². The number of nitrogens with zero attached hydrogens (tertiary/aromatic N) is 2. The molecule has 2 aromatic rings. The molecule has 4 rings (SSSR count). The Morgan fingerprint density at radius 3 is 2.23 bits per heavy atom. The van der Waals surface area contributed by atoms with Crippen LogP contribution >= 0.6 is 24.8 Å². The van der Waals surface area contributed by atoms with Gasteiger partial charge in [-0.25, -0.2) is 4.39 Å². The van der Waals surface area contributed by atoms with Crippen LogP contribution in [0.25, 0.3) is 0 Å². The van der Waals surface area contributed by atoms with Crippen LogP contribution in [0.4, 0.5) is 4.39 Å². The maximum absolute atomic E-state index is 13.4. The molecule has 1 aliphatic heterocycles. The molecule has 0 aromatic heterocycles. The monoisotopic (exact) mass is 454 g/mol. The second-order valence-corrected chi connectivity index (χ2v) is 8.50. The molecule has 0 radical (unpaired) electrons. The number of rotatable bonds is 5. The van der Waals surface area contributed by atoms with Gasteiger partial charge in [0.2, 0.25) is 0 Å². The standard InChI is InChI=1S/C24H31FN2O.2ClH/c1-17(2)19-5-8-21-22(18-3-6-20(25)7-4-18)16-24(23(21)15-19)27-11-9-26(10-12-27)13-14-28;;/h3-8,15,17,22,24,28H,9-14,16H2,1-2H3;2*1H/t22-,24+;;/m1../s1. The van der Waals surface area contributed by atoms with Crippen molar-refractivity contribution in [2.45, 2.75) is 38.1 Å². The van der Waals surface area contributed by atoms with Crippen molar-refractivity contribution in [1.82, 2.24) is 9.80 Å². The smallest absolute Gasteiger partial charge is 0.123 e. The molecule has 1 heterocycles. The van der Waals surface area contributed by atoms with Crippen molar-refractivity contribution in [3.8, 4) is 0 Å². The van der Waals surface area contributed by atoms with Crippen LogP contribution in [0.3, 0.4) is 0 Å². The molecule has 0 unspecified atom stereocenters. The number of fused-ring (bicyclic) bond motifs is 1. The molecule has 30 heavy (non-hydrogen) atoms. The summed E-state index contributed by atoms with van der Waals surface area (Å²) < 4.78 is 13.4. The highest BCUT2D eigenvalue weighted by molar-refractivity contribution is 5.85. The Balaban J connectivity index is 0.00000160. The molecule has 6 heteroatoms. The quantitative estimate of drug-likeness (QED) is 0.689. The summed E-state index contributed by atoms with van der Waals surface area (Å²) >= 11 is 0. The van der Waals surface area contributed by atoms with Gasteiger partial charge in [-0.05, 0) is 46.7 Å². The molecule has 0 amide bonds. The van der Waals surface area contributed by atoms with E-state index in [1.165, 1.54) is 22.3 Å². The lowest BCUT2D eigenvalue weighted by Crippen LogP contribution is -2.48. The average molecular weight is 455 g/mol. The Morgan fingerprint density at radius 2 is 1.63 bits per heavy atom. The third-order valence-corrected chi connectivity index (χ3v) is 6.51. The van der Waals surface area contributed by atoms with Gasteiger partial charge in [-0.2, -0.15) is 0 Å². The summed E-state index contributed by atoms with van der Waals surface area (Å²) in [6.07, 6.45) is 1.06. The van der Waals surface area contributed by atoms with Crippen LogP contribution in [-0.2, 0) is 0 Å². The number of hydrogen-bond acceptors (Lipinski definition) is 3. The molecule has 166 valence electrons. The molecule has 1 saturated heterocycles. The number of β-amino-alcohol motifs (C(OH)–C–C–N with tert-alkyl or cyclic N) is 1. The van der Waals surface area contributed by atoms with Gasteiger partial charge >= 0.3 is 0 Å². The van der Waals surface area contributed by atoms with Crippen molar-refractivity contribution >= 4 is 24.8 Å². The van der Waals surface area contributed by atoms with E-state index in [0.29, 0.717) is 17.9 Å². The highest BCUT2D eigenvalue weighted by atomic mass is 35.5.